The van der Waals surface area contributed by atoms with E-state index < -0.39 is 109 Å². The number of amides is 6. The van der Waals surface area contributed by atoms with Gasteiger partial charge < -0.3 is 67.3 Å². The number of fused-ring (bicyclic) bond motifs is 1. The fraction of sp³-hybridized carbons (Fsp3) is 0.463. The van der Waals surface area contributed by atoms with Gasteiger partial charge >= 0.3 is 11.9 Å². The molecule has 2 saturated heterocycles. The number of carbonyl (C=O) groups is 8. The van der Waals surface area contributed by atoms with Gasteiger partial charge in [-0.2, -0.15) is 0 Å². The average Bonchev–Trinajstić information content (AvgIpc) is 4.02. The Hall–Kier alpha value is -6.58. The minimum absolute atomic E-state index is 0.000879. The summed E-state index contributed by atoms with van der Waals surface area (Å²) in [6.45, 7) is 0.377. The Morgan fingerprint density at radius 3 is 1.95 bits per heavy atom. The normalized spacial score (nSPS) is 19.1. The van der Waals surface area contributed by atoms with Gasteiger partial charge in [-0.15, -0.1) is 0 Å². The number of aliphatic hydroxyl groups excluding tert-OH is 2. The third kappa shape index (κ3) is 11.4. The summed E-state index contributed by atoms with van der Waals surface area (Å²) in [5.74, 6) is -8.02. The maximum atomic E-state index is 14.2. The van der Waals surface area contributed by atoms with Crippen molar-refractivity contribution in [3.8, 4) is 5.75 Å². The number of para-hydroxylation sites is 1. The molecule has 2 aliphatic heterocycles. The Balaban J connectivity index is 1.34. The van der Waals surface area contributed by atoms with E-state index in [4.69, 9.17) is 5.73 Å². The van der Waals surface area contributed by atoms with E-state index in [0.29, 0.717) is 29.4 Å². The van der Waals surface area contributed by atoms with Gasteiger partial charge in [-0.05, 0) is 68.4 Å². The molecular weight excluding hydrogens is 812 g/mol. The molecule has 12 N–H and O–H groups in total. The van der Waals surface area contributed by atoms with Gasteiger partial charge in [0, 0.05) is 36.6 Å². The molecule has 21 heteroatoms. The van der Waals surface area contributed by atoms with Gasteiger partial charge in [-0.25, -0.2) is 4.79 Å². The number of aliphatic carboxylic acids is 2. The summed E-state index contributed by atoms with van der Waals surface area (Å²) in [4.78, 5) is 111. The van der Waals surface area contributed by atoms with Gasteiger partial charge in [0.1, 0.15) is 42.0 Å². The first-order chi connectivity index (χ1) is 29.5. The summed E-state index contributed by atoms with van der Waals surface area (Å²) in [5.41, 5.74) is 7.99. The van der Waals surface area contributed by atoms with E-state index in [1.54, 1.807) is 42.6 Å². The molecule has 0 aliphatic carbocycles. The molecule has 0 unspecified atom stereocenters. The van der Waals surface area contributed by atoms with Crippen LogP contribution in [0.3, 0.4) is 0 Å². The second-order valence-electron chi connectivity index (χ2n) is 15.4. The molecule has 2 aliphatic rings. The predicted molar refractivity (Wildman–Crippen MR) is 218 cm³/mol. The Bertz CT molecular complexity index is 2140. The molecule has 21 nitrogen and oxygen atoms in total. The second-order valence-corrected chi connectivity index (χ2v) is 15.4. The number of carboxylic acids is 2. The molecule has 3 heterocycles. The Morgan fingerprint density at radius 1 is 0.774 bits per heavy atom. The van der Waals surface area contributed by atoms with Crippen LogP contribution < -0.4 is 27.0 Å². The summed E-state index contributed by atoms with van der Waals surface area (Å²) >= 11 is 0. The molecule has 0 bridgehead atoms. The van der Waals surface area contributed by atoms with Crippen LogP contribution in [0.5, 0.6) is 5.75 Å². The molecule has 5 rings (SSSR count). The van der Waals surface area contributed by atoms with Crippen molar-refractivity contribution in [2.75, 3.05) is 19.7 Å². The molecule has 0 radical (unpaired) electrons. The lowest BCUT2D eigenvalue weighted by atomic mass is 10.0. The molecule has 0 saturated carbocycles. The van der Waals surface area contributed by atoms with Crippen LogP contribution in [-0.2, 0) is 51.2 Å². The lowest BCUT2D eigenvalue weighted by Crippen LogP contribution is -2.61. The third-order valence-electron chi connectivity index (χ3n) is 11.0. The number of nitrogens with one attached hydrogen (secondary N) is 5. The van der Waals surface area contributed by atoms with E-state index in [0.717, 1.165) is 15.3 Å². The van der Waals surface area contributed by atoms with Crippen molar-refractivity contribution in [1.82, 2.24) is 36.1 Å². The SMILES string of the molecule is C[C@@H](O)[C@H](NC(=O)[C@H](Cc1c[nH]c2ccccc12)NC(=O)[C@@H]1CCCN1C(=O)[C@H](CC(=O)O)NC(=O)[C@@H](N)Cc1ccc(O)cc1)C(=O)N1CCC[C@H]1C(=O)N[C@@H](CO)C(=O)O. The van der Waals surface area contributed by atoms with Crippen LogP contribution in [0.15, 0.2) is 54.7 Å². The van der Waals surface area contributed by atoms with E-state index in [-0.39, 0.29) is 44.5 Å². The van der Waals surface area contributed by atoms with Crippen molar-refractivity contribution >= 4 is 58.3 Å². The Morgan fingerprint density at radius 2 is 1.37 bits per heavy atom. The number of aliphatic hydroxyl groups is 2. The lowest BCUT2D eigenvalue weighted by Gasteiger charge is -2.32. The number of carbonyl (C=O) groups excluding carboxylic acids is 6. The van der Waals surface area contributed by atoms with Crippen molar-refractivity contribution in [2.24, 2.45) is 5.73 Å². The molecule has 2 fully saturated rings. The van der Waals surface area contributed by atoms with Crippen LogP contribution in [0.4, 0.5) is 0 Å². The fourth-order valence-electron chi connectivity index (χ4n) is 7.71. The zero-order valence-electron chi connectivity index (χ0n) is 33.9. The van der Waals surface area contributed by atoms with E-state index in [9.17, 15) is 63.9 Å². The number of carboxylic acid groups (broad SMARTS) is 2. The number of hydrogen-bond acceptors (Lipinski definition) is 12. The third-order valence-corrected chi connectivity index (χ3v) is 11.0. The van der Waals surface area contributed by atoms with E-state index in [1.807, 2.05) is 0 Å². The number of aromatic hydroxyl groups is 1. The predicted octanol–water partition coefficient (Wildman–Crippen LogP) is -2.16. The number of phenols is 1. The van der Waals surface area contributed by atoms with Crippen LogP contribution >= 0.6 is 0 Å². The number of phenolic OH excluding ortho intramolecular Hbond substituents is 1. The van der Waals surface area contributed by atoms with Gasteiger partial charge in [0.2, 0.25) is 35.4 Å². The second kappa shape index (κ2) is 20.8. The summed E-state index contributed by atoms with van der Waals surface area (Å²) < 4.78 is 0. The molecule has 62 heavy (non-hydrogen) atoms. The monoisotopic (exact) mass is 864 g/mol. The highest BCUT2D eigenvalue weighted by Gasteiger charge is 2.43. The number of nitrogens with two attached hydrogens (primary N) is 1. The molecule has 3 aromatic rings. The number of likely N-dealkylation sites (tertiary alicyclic amines) is 2. The maximum Gasteiger partial charge on any atom is 0.328 e. The molecule has 2 aromatic carbocycles. The highest BCUT2D eigenvalue weighted by Crippen LogP contribution is 2.24. The van der Waals surface area contributed by atoms with Crippen LogP contribution in [-0.4, -0.2) is 156 Å². The van der Waals surface area contributed by atoms with Crippen LogP contribution in [0.2, 0.25) is 0 Å². The average molecular weight is 865 g/mol. The Labute approximate surface area is 355 Å². The molecule has 8 atom stereocenters. The fourth-order valence-corrected chi connectivity index (χ4v) is 7.71. The summed E-state index contributed by atoms with van der Waals surface area (Å²) in [6, 6.07) is 3.15. The lowest BCUT2D eigenvalue weighted by molar-refractivity contribution is -0.147. The Kier molecular flexibility index (Phi) is 15.6. The minimum Gasteiger partial charge on any atom is -0.508 e. The van der Waals surface area contributed by atoms with Crippen LogP contribution in [0.25, 0.3) is 10.9 Å². The van der Waals surface area contributed by atoms with Gasteiger partial charge in [-0.3, -0.25) is 33.6 Å². The summed E-state index contributed by atoms with van der Waals surface area (Å²) in [6.07, 6.45) is 0.0242. The largest absolute Gasteiger partial charge is 0.508 e. The number of nitrogens with zero attached hydrogens (tertiary/aromatic N) is 2. The van der Waals surface area contributed by atoms with Crippen molar-refractivity contribution < 1.29 is 63.9 Å². The van der Waals surface area contributed by atoms with Gasteiger partial charge in [-0.1, -0.05) is 30.3 Å². The number of hydrogen-bond donors (Lipinski definition) is 11. The number of benzene rings is 2. The van der Waals surface area contributed by atoms with Crippen molar-refractivity contribution in [1.29, 1.82) is 0 Å². The summed E-state index contributed by atoms with van der Waals surface area (Å²) in [5, 5.41) is 59.2. The number of H-pyrrole nitrogens is 1. The molecule has 0 spiro atoms. The summed E-state index contributed by atoms with van der Waals surface area (Å²) in [7, 11) is 0. The quantitative estimate of drug-likeness (QED) is 0.0612. The van der Waals surface area contributed by atoms with Crippen molar-refractivity contribution in [3.63, 3.8) is 0 Å². The first kappa shape index (κ1) is 46.5. The van der Waals surface area contributed by atoms with E-state index >= 15 is 0 Å². The van der Waals surface area contributed by atoms with Gasteiger partial charge in [0.25, 0.3) is 0 Å². The van der Waals surface area contributed by atoms with Gasteiger partial charge in [0.15, 0.2) is 0 Å². The molecular formula is C41H52N8O13. The topological polar surface area (TPSA) is 334 Å². The first-order valence-corrected chi connectivity index (χ1v) is 20.1. The molecule has 1 aromatic heterocycles. The maximum absolute atomic E-state index is 14.2. The highest BCUT2D eigenvalue weighted by molar-refractivity contribution is 5.98. The van der Waals surface area contributed by atoms with Crippen molar-refractivity contribution in [3.05, 3.63) is 65.9 Å². The zero-order valence-corrected chi connectivity index (χ0v) is 33.9. The highest BCUT2D eigenvalue weighted by atomic mass is 16.4. The zero-order chi connectivity index (χ0) is 45.2. The van der Waals surface area contributed by atoms with Gasteiger partial charge in [0.05, 0.1) is 25.2 Å². The first-order valence-electron chi connectivity index (χ1n) is 20.1. The molecule has 334 valence electrons. The van der Waals surface area contributed by atoms with E-state index in [1.165, 1.54) is 19.1 Å². The minimum atomic E-state index is -1.64. The smallest absolute Gasteiger partial charge is 0.328 e. The van der Waals surface area contributed by atoms with Crippen LogP contribution in [0, 0.1) is 0 Å². The number of aromatic amines is 1. The standard InChI is InChI=1S/C41H52N8O13/c1-21(51)34(40(60)49-15-5-9-32(49)38(58)46-30(20-50)41(61)62)47-36(56)28(17-23-19-43-27-7-3-2-6-25(23)27)44-37(57)31-8-4-14-48(31)39(59)29(18-33(53)54)45-35(55)26(42)16-22-10-12-24(52)13-11-22/h2-3,6-7,10-13,19,21,26,28-32,34,43,50-52H,4-5,8-9,14-18,20,42H2,1H3,(H,44,57)(H,45,55)(H,46,58)(H,47,56)(H,53,54)(H,61,62)/t21-,26+,28+,29+,30+,31+,32+,34+/m1/s1. The van der Waals surface area contributed by atoms with E-state index in [2.05, 4.69) is 26.3 Å². The molecule has 6 amide bonds. The number of aromatic nitrogens is 1. The van der Waals surface area contributed by atoms with Crippen molar-refractivity contribution in [2.45, 2.75) is 100 Å². The number of rotatable bonds is 19. The van der Waals surface area contributed by atoms with Crippen LogP contribution in [0.1, 0.15) is 50.2 Å².